The Morgan fingerprint density at radius 1 is 0.643 bits per heavy atom. The van der Waals surface area contributed by atoms with Gasteiger partial charge in [0.25, 0.3) is 0 Å². The molecule has 0 spiro atoms. The van der Waals surface area contributed by atoms with Crippen molar-refractivity contribution in [3.63, 3.8) is 0 Å². The molecule has 0 N–H and O–H groups in total. The maximum absolute atomic E-state index is 6.10. The van der Waals surface area contributed by atoms with Crippen molar-refractivity contribution in [3.8, 4) is 0 Å². The summed E-state index contributed by atoms with van der Waals surface area (Å²) in [5.41, 5.74) is 0. The van der Waals surface area contributed by atoms with E-state index in [0.717, 1.165) is 19.0 Å². The summed E-state index contributed by atoms with van der Waals surface area (Å²) in [5, 5.41) is 0.660. The van der Waals surface area contributed by atoms with E-state index in [-0.39, 0.29) is 0 Å². The van der Waals surface area contributed by atoms with E-state index in [9.17, 15) is 0 Å². The highest BCUT2D eigenvalue weighted by molar-refractivity contribution is 6.93. The summed E-state index contributed by atoms with van der Waals surface area (Å²) in [6.45, 7) is 34.0. The minimum atomic E-state index is -2.57. The standard InChI is InChI=1S/C21H51NO3Si3/c1-14-23-28(24-15-2,25-16-3)19-17-18-22(26(10,11)20(4,5)6)27(12,13)21(7,8)9/h14-19H2,1-13H3. The molecule has 0 unspecified atom stereocenters. The Hall–Kier alpha value is 0.491. The van der Waals surface area contributed by atoms with Gasteiger partial charge in [-0.15, -0.1) is 0 Å². The fourth-order valence-corrected chi connectivity index (χ4v) is 16.8. The lowest BCUT2D eigenvalue weighted by atomic mass is 10.2. The van der Waals surface area contributed by atoms with E-state index in [4.69, 9.17) is 13.3 Å². The van der Waals surface area contributed by atoms with Crippen molar-refractivity contribution in [2.45, 2.75) is 111 Å². The summed E-state index contributed by atoms with van der Waals surface area (Å²) >= 11 is 0. The van der Waals surface area contributed by atoms with Crippen molar-refractivity contribution in [1.29, 1.82) is 0 Å². The van der Waals surface area contributed by atoms with Crippen LogP contribution in [0.2, 0.25) is 42.3 Å². The second-order valence-corrected chi connectivity index (χ2v) is 24.4. The van der Waals surface area contributed by atoms with Gasteiger partial charge in [-0.2, -0.15) is 0 Å². The van der Waals surface area contributed by atoms with E-state index < -0.39 is 25.3 Å². The summed E-state index contributed by atoms with van der Waals surface area (Å²) in [7, 11) is -5.85. The molecule has 0 aliphatic carbocycles. The van der Waals surface area contributed by atoms with Gasteiger partial charge in [0.05, 0.1) is 0 Å². The monoisotopic (exact) mass is 449 g/mol. The molecule has 0 aliphatic rings. The van der Waals surface area contributed by atoms with Gasteiger partial charge in [0.15, 0.2) is 0 Å². The Balaban J connectivity index is 5.69. The van der Waals surface area contributed by atoms with Crippen LogP contribution < -0.4 is 0 Å². The fraction of sp³-hybridized carbons (Fsp3) is 1.00. The van der Waals surface area contributed by atoms with Crippen LogP contribution in [0.5, 0.6) is 0 Å². The van der Waals surface area contributed by atoms with Gasteiger partial charge in [-0.3, -0.25) is 0 Å². The molecule has 0 aromatic heterocycles. The van der Waals surface area contributed by atoms with Crippen molar-refractivity contribution in [2.75, 3.05) is 26.4 Å². The molecule has 0 atom stereocenters. The second kappa shape index (κ2) is 10.7. The summed E-state index contributed by atoms with van der Waals surface area (Å²) in [4.78, 5) is 0. The predicted molar refractivity (Wildman–Crippen MR) is 131 cm³/mol. The molecular formula is C21H51NO3Si3. The molecule has 0 rings (SSSR count). The molecule has 0 bridgehead atoms. The summed E-state index contributed by atoms with van der Waals surface area (Å²) in [6, 6.07) is 0.905. The first-order valence-corrected chi connectivity index (χ1v) is 19.0. The minimum absolute atomic E-state index is 0.330. The molecule has 0 heterocycles. The molecule has 0 aromatic carbocycles. The molecule has 0 aromatic rings. The van der Waals surface area contributed by atoms with Crippen LogP contribution in [0.4, 0.5) is 0 Å². The van der Waals surface area contributed by atoms with Crippen LogP contribution in [0.1, 0.15) is 68.7 Å². The normalized spacial score (nSPS) is 14.8. The van der Waals surface area contributed by atoms with E-state index in [1.165, 1.54) is 0 Å². The van der Waals surface area contributed by atoms with Gasteiger partial charge in [-0.1, -0.05) is 67.7 Å². The second-order valence-electron chi connectivity index (χ2n) is 10.9. The van der Waals surface area contributed by atoms with Crippen molar-refractivity contribution < 1.29 is 13.3 Å². The fourth-order valence-electron chi connectivity index (χ4n) is 3.52. The Morgan fingerprint density at radius 2 is 0.964 bits per heavy atom. The Kier molecular flexibility index (Phi) is 10.9. The highest BCUT2D eigenvalue weighted by Gasteiger charge is 2.51. The third-order valence-electron chi connectivity index (χ3n) is 6.98. The average Bonchev–Trinajstić information content (AvgIpc) is 2.49. The molecule has 0 amide bonds. The molecule has 7 heteroatoms. The number of nitrogens with zero attached hydrogens (tertiary/aromatic N) is 1. The zero-order valence-corrected chi connectivity index (χ0v) is 24.4. The molecule has 0 saturated carbocycles. The predicted octanol–water partition coefficient (Wildman–Crippen LogP) is 6.74. The molecule has 4 nitrogen and oxygen atoms in total. The molecule has 170 valence electrons. The molecule has 28 heavy (non-hydrogen) atoms. The van der Waals surface area contributed by atoms with Gasteiger partial charge >= 0.3 is 8.80 Å². The number of hydrogen-bond donors (Lipinski definition) is 0. The van der Waals surface area contributed by atoms with Crippen LogP contribution >= 0.6 is 0 Å². The van der Waals surface area contributed by atoms with E-state index in [1.54, 1.807) is 0 Å². The summed E-state index contributed by atoms with van der Waals surface area (Å²) < 4.78 is 21.3. The van der Waals surface area contributed by atoms with Crippen LogP contribution in [0.25, 0.3) is 0 Å². The number of rotatable bonds is 12. The van der Waals surface area contributed by atoms with E-state index in [1.807, 2.05) is 20.8 Å². The molecular weight excluding hydrogens is 398 g/mol. The van der Waals surface area contributed by atoms with Crippen LogP contribution in [-0.4, -0.2) is 55.9 Å². The zero-order chi connectivity index (χ0) is 22.4. The molecule has 0 saturated heterocycles. The number of hydrogen-bond acceptors (Lipinski definition) is 4. The summed E-state index contributed by atoms with van der Waals surface area (Å²) in [6.07, 6.45) is 1.07. The summed E-state index contributed by atoms with van der Waals surface area (Å²) in [5.74, 6) is 0. The van der Waals surface area contributed by atoms with Gasteiger partial charge in [0.2, 0.25) is 0 Å². The molecule has 0 aliphatic heterocycles. The minimum Gasteiger partial charge on any atom is -0.374 e. The third-order valence-corrected chi connectivity index (χ3v) is 24.0. The van der Waals surface area contributed by atoms with Gasteiger partial charge in [0.1, 0.15) is 16.5 Å². The third kappa shape index (κ3) is 7.03. The van der Waals surface area contributed by atoms with Crippen LogP contribution in [0.15, 0.2) is 0 Å². The SMILES string of the molecule is CCO[Si](CCCN([Si](C)(C)C(C)(C)C)[Si](C)(C)C(C)(C)C)(OCC)OCC. The largest absolute Gasteiger partial charge is 0.500 e. The first kappa shape index (κ1) is 28.5. The lowest BCUT2D eigenvalue weighted by Gasteiger charge is -2.57. The zero-order valence-electron chi connectivity index (χ0n) is 21.4. The first-order valence-electron chi connectivity index (χ1n) is 11.2. The first-order chi connectivity index (χ1) is 12.5. The van der Waals surface area contributed by atoms with Crippen molar-refractivity contribution in [3.05, 3.63) is 0 Å². The van der Waals surface area contributed by atoms with E-state index in [2.05, 4.69) is 72.0 Å². The van der Waals surface area contributed by atoms with E-state index >= 15 is 0 Å². The van der Waals surface area contributed by atoms with Gasteiger partial charge < -0.3 is 17.5 Å². The van der Waals surface area contributed by atoms with Crippen LogP contribution in [-0.2, 0) is 13.3 Å². The quantitative estimate of drug-likeness (QED) is 0.309. The van der Waals surface area contributed by atoms with Gasteiger partial charge in [-0.05, 0) is 43.8 Å². The Morgan fingerprint density at radius 3 is 1.21 bits per heavy atom. The lowest BCUT2D eigenvalue weighted by Crippen LogP contribution is -2.68. The Labute approximate surface area is 180 Å². The van der Waals surface area contributed by atoms with Gasteiger partial charge in [0, 0.05) is 25.9 Å². The van der Waals surface area contributed by atoms with Crippen LogP contribution in [0, 0.1) is 0 Å². The lowest BCUT2D eigenvalue weighted by molar-refractivity contribution is 0.0706. The molecule has 0 radical (unpaired) electrons. The van der Waals surface area contributed by atoms with Crippen molar-refractivity contribution in [2.24, 2.45) is 0 Å². The highest BCUT2D eigenvalue weighted by Crippen LogP contribution is 2.47. The van der Waals surface area contributed by atoms with E-state index in [0.29, 0.717) is 29.9 Å². The maximum atomic E-state index is 6.10. The maximum Gasteiger partial charge on any atom is 0.500 e. The smallest absolute Gasteiger partial charge is 0.374 e. The molecule has 0 fully saturated rings. The van der Waals surface area contributed by atoms with Crippen molar-refractivity contribution >= 4 is 25.3 Å². The van der Waals surface area contributed by atoms with Gasteiger partial charge in [-0.25, -0.2) is 0 Å². The van der Waals surface area contributed by atoms with Crippen LogP contribution in [0.3, 0.4) is 0 Å². The average molecular weight is 450 g/mol. The van der Waals surface area contributed by atoms with Crippen molar-refractivity contribution in [1.82, 2.24) is 4.23 Å². The Bertz CT molecular complexity index is 414. The topological polar surface area (TPSA) is 30.9 Å². The highest BCUT2D eigenvalue weighted by atomic mass is 28.4.